The fourth-order valence-electron chi connectivity index (χ4n) is 2.02. The SMILES string of the molecule is Cc1oc(-c2cccs2)nc1CC(=O)Nc1cccc(F)c1. The van der Waals surface area contributed by atoms with Gasteiger partial charge in [0.25, 0.3) is 0 Å². The lowest BCUT2D eigenvalue weighted by Gasteiger charge is -2.03. The van der Waals surface area contributed by atoms with Gasteiger partial charge in [0.1, 0.15) is 11.6 Å². The number of hydrogen-bond acceptors (Lipinski definition) is 4. The number of nitrogens with zero attached hydrogens (tertiary/aromatic N) is 1. The maximum absolute atomic E-state index is 13.1. The molecule has 22 heavy (non-hydrogen) atoms. The van der Waals surface area contributed by atoms with Crippen LogP contribution in [0.2, 0.25) is 0 Å². The van der Waals surface area contributed by atoms with Crippen molar-refractivity contribution in [2.45, 2.75) is 13.3 Å². The Morgan fingerprint density at radius 3 is 2.95 bits per heavy atom. The van der Waals surface area contributed by atoms with E-state index in [1.54, 1.807) is 19.1 Å². The molecule has 0 fully saturated rings. The van der Waals surface area contributed by atoms with Gasteiger partial charge in [0.15, 0.2) is 0 Å². The topological polar surface area (TPSA) is 55.1 Å². The van der Waals surface area contributed by atoms with Gasteiger partial charge < -0.3 is 9.73 Å². The summed E-state index contributed by atoms with van der Waals surface area (Å²) in [5, 5.41) is 4.58. The zero-order valence-electron chi connectivity index (χ0n) is 11.8. The maximum atomic E-state index is 13.1. The molecular weight excluding hydrogens is 303 g/mol. The minimum Gasteiger partial charge on any atom is -0.440 e. The number of nitrogens with one attached hydrogen (secondary N) is 1. The Bertz CT molecular complexity index is 796. The van der Waals surface area contributed by atoms with E-state index in [2.05, 4.69) is 10.3 Å². The Balaban J connectivity index is 1.72. The highest BCUT2D eigenvalue weighted by Gasteiger charge is 2.15. The monoisotopic (exact) mass is 316 g/mol. The standard InChI is InChI=1S/C16H13FN2O2S/c1-10-13(19-16(21-10)14-6-3-7-22-14)9-15(20)18-12-5-2-4-11(17)8-12/h2-8H,9H2,1H3,(H,18,20). The second kappa shape index (κ2) is 6.11. The lowest BCUT2D eigenvalue weighted by atomic mass is 10.2. The Hall–Kier alpha value is -2.47. The molecule has 0 aliphatic heterocycles. The van der Waals surface area contributed by atoms with Gasteiger partial charge in [-0.25, -0.2) is 9.37 Å². The Kier molecular flexibility index (Phi) is 4.02. The normalized spacial score (nSPS) is 10.6. The van der Waals surface area contributed by atoms with Crippen LogP contribution in [0, 0.1) is 12.7 Å². The molecule has 1 N–H and O–H groups in total. The first-order valence-corrected chi connectivity index (χ1v) is 7.55. The number of thiophene rings is 1. The third-order valence-electron chi connectivity index (χ3n) is 3.06. The number of hydrogen-bond donors (Lipinski definition) is 1. The first-order chi connectivity index (χ1) is 10.6. The number of oxazole rings is 1. The molecule has 0 bridgehead atoms. The van der Waals surface area contributed by atoms with Gasteiger partial charge in [-0.2, -0.15) is 0 Å². The van der Waals surface area contributed by atoms with Crippen LogP contribution in [-0.2, 0) is 11.2 Å². The van der Waals surface area contributed by atoms with E-state index in [4.69, 9.17) is 4.42 Å². The minimum absolute atomic E-state index is 0.0806. The first-order valence-electron chi connectivity index (χ1n) is 6.67. The van der Waals surface area contributed by atoms with E-state index in [0.29, 0.717) is 23.0 Å². The molecule has 0 aliphatic rings. The fourth-order valence-corrected chi connectivity index (χ4v) is 2.67. The molecule has 0 spiro atoms. The van der Waals surface area contributed by atoms with Crippen LogP contribution in [0.3, 0.4) is 0 Å². The van der Waals surface area contributed by atoms with Gasteiger partial charge in [-0.3, -0.25) is 4.79 Å². The highest BCUT2D eigenvalue weighted by atomic mass is 32.1. The number of benzene rings is 1. The average molecular weight is 316 g/mol. The second-order valence-corrected chi connectivity index (χ2v) is 5.68. The predicted octanol–water partition coefficient (Wildman–Crippen LogP) is 4.03. The van der Waals surface area contributed by atoms with Gasteiger partial charge in [0.05, 0.1) is 17.0 Å². The van der Waals surface area contributed by atoms with Crippen LogP contribution in [0.15, 0.2) is 46.2 Å². The predicted molar refractivity (Wildman–Crippen MR) is 83.3 cm³/mol. The molecule has 2 aromatic heterocycles. The van der Waals surface area contributed by atoms with E-state index in [1.807, 2.05) is 17.5 Å². The van der Waals surface area contributed by atoms with Gasteiger partial charge >= 0.3 is 0 Å². The Morgan fingerprint density at radius 2 is 2.23 bits per heavy atom. The van der Waals surface area contributed by atoms with Crippen molar-refractivity contribution < 1.29 is 13.6 Å². The van der Waals surface area contributed by atoms with Gasteiger partial charge in [0.2, 0.25) is 11.8 Å². The van der Waals surface area contributed by atoms with E-state index in [-0.39, 0.29) is 12.3 Å². The van der Waals surface area contributed by atoms with Gasteiger partial charge in [0, 0.05) is 5.69 Å². The molecule has 6 heteroatoms. The van der Waals surface area contributed by atoms with E-state index in [9.17, 15) is 9.18 Å². The van der Waals surface area contributed by atoms with Crippen LogP contribution in [0.4, 0.5) is 10.1 Å². The zero-order chi connectivity index (χ0) is 15.5. The summed E-state index contributed by atoms with van der Waals surface area (Å²) in [6.45, 7) is 1.77. The summed E-state index contributed by atoms with van der Waals surface area (Å²) in [5.41, 5.74) is 1.00. The summed E-state index contributed by atoms with van der Waals surface area (Å²) in [6, 6.07) is 9.59. The molecular formula is C16H13FN2O2S. The van der Waals surface area contributed by atoms with Gasteiger partial charge in [-0.05, 0) is 36.6 Å². The average Bonchev–Trinajstić information content (AvgIpc) is 3.09. The van der Waals surface area contributed by atoms with Gasteiger partial charge in [-0.1, -0.05) is 12.1 Å². The number of carbonyl (C=O) groups is 1. The van der Waals surface area contributed by atoms with E-state index >= 15 is 0 Å². The van der Waals surface area contributed by atoms with Crippen molar-refractivity contribution in [2.75, 3.05) is 5.32 Å². The van der Waals surface area contributed by atoms with Crippen molar-refractivity contribution in [2.24, 2.45) is 0 Å². The molecule has 0 radical (unpaired) electrons. The quantitative estimate of drug-likeness (QED) is 0.790. The number of rotatable bonds is 4. The lowest BCUT2D eigenvalue weighted by molar-refractivity contribution is -0.115. The van der Waals surface area contributed by atoms with E-state index in [1.165, 1.54) is 23.5 Å². The van der Waals surface area contributed by atoms with Crippen LogP contribution in [-0.4, -0.2) is 10.9 Å². The number of anilines is 1. The molecule has 0 aliphatic carbocycles. The highest BCUT2D eigenvalue weighted by molar-refractivity contribution is 7.13. The number of aromatic nitrogens is 1. The van der Waals surface area contributed by atoms with Crippen LogP contribution >= 0.6 is 11.3 Å². The third kappa shape index (κ3) is 3.23. The minimum atomic E-state index is -0.393. The van der Waals surface area contributed by atoms with E-state index in [0.717, 1.165) is 4.88 Å². The summed E-state index contributed by atoms with van der Waals surface area (Å²) in [7, 11) is 0. The summed E-state index contributed by atoms with van der Waals surface area (Å²) < 4.78 is 18.7. The number of aryl methyl sites for hydroxylation is 1. The molecule has 1 aromatic carbocycles. The van der Waals surface area contributed by atoms with Crippen molar-refractivity contribution in [1.29, 1.82) is 0 Å². The van der Waals surface area contributed by atoms with Crippen molar-refractivity contribution in [3.05, 3.63) is 59.0 Å². The third-order valence-corrected chi connectivity index (χ3v) is 3.92. The largest absolute Gasteiger partial charge is 0.440 e. The maximum Gasteiger partial charge on any atom is 0.236 e. The molecule has 0 saturated heterocycles. The van der Waals surface area contributed by atoms with Crippen LogP contribution in [0.5, 0.6) is 0 Å². The summed E-state index contributed by atoms with van der Waals surface area (Å²) in [5.74, 6) is 0.467. The molecule has 0 saturated carbocycles. The molecule has 112 valence electrons. The van der Waals surface area contributed by atoms with Crippen LogP contribution in [0.1, 0.15) is 11.5 Å². The molecule has 1 amide bonds. The highest BCUT2D eigenvalue weighted by Crippen LogP contribution is 2.26. The second-order valence-electron chi connectivity index (χ2n) is 4.73. The van der Waals surface area contributed by atoms with Crippen LogP contribution < -0.4 is 5.32 Å². The van der Waals surface area contributed by atoms with Crippen molar-refractivity contribution in [3.63, 3.8) is 0 Å². The van der Waals surface area contributed by atoms with Crippen LogP contribution in [0.25, 0.3) is 10.8 Å². The molecule has 4 nitrogen and oxygen atoms in total. The molecule has 3 rings (SSSR count). The molecule has 0 unspecified atom stereocenters. The smallest absolute Gasteiger partial charge is 0.236 e. The van der Waals surface area contributed by atoms with Gasteiger partial charge in [-0.15, -0.1) is 11.3 Å². The Labute approximate surface area is 130 Å². The number of halogens is 1. The summed E-state index contributed by atoms with van der Waals surface area (Å²) >= 11 is 1.52. The molecule has 2 heterocycles. The lowest BCUT2D eigenvalue weighted by Crippen LogP contribution is -2.15. The van der Waals surface area contributed by atoms with Crippen molar-refractivity contribution >= 4 is 22.9 Å². The molecule has 3 aromatic rings. The number of carbonyl (C=O) groups excluding carboxylic acids is 1. The van der Waals surface area contributed by atoms with Crippen molar-refractivity contribution in [3.8, 4) is 10.8 Å². The Morgan fingerprint density at radius 1 is 1.36 bits per heavy atom. The number of amides is 1. The van der Waals surface area contributed by atoms with E-state index < -0.39 is 5.82 Å². The van der Waals surface area contributed by atoms with Crippen molar-refractivity contribution in [1.82, 2.24) is 4.98 Å². The summed E-state index contributed by atoms with van der Waals surface area (Å²) in [6.07, 6.45) is 0.0806. The zero-order valence-corrected chi connectivity index (χ0v) is 12.6. The first kappa shape index (κ1) is 14.5. The fraction of sp³-hybridized carbons (Fsp3) is 0.125. The summed E-state index contributed by atoms with van der Waals surface area (Å²) in [4.78, 5) is 17.3. The molecule has 0 atom stereocenters.